The van der Waals surface area contributed by atoms with Crippen LogP contribution in [0.3, 0.4) is 0 Å². The molecular formula is C14H23NO2S. The van der Waals surface area contributed by atoms with Crippen LogP contribution in [0.1, 0.15) is 55.0 Å². The lowest BCUT2D eigenvalue weighted by atomic mass is 9.98. The molecule has 0 spiro atoms. The van der Waals surface area contributed by atoms with Crippen LogP contribution in [-0.4, -0.2) is 16.6 Å². The fourth-order valence-electron chi connectivity index (χ4n) is 2.11. The molecule has 0 aliphatic rings. The summed E-state index contributed by atoms with van der Waals surface area (Å²) in [7, 11) is 0. The van der Waals surface area contributed by atoms with Gasteiger partial charge in [0.15, 0.2) is 0 Å². The number of hydrogen-bond acceptors (Lipinski definition) is 3. The van der Waals surface area contributed by atoms with Crippen molar-refractivity contribution in [1.29, 1.82) is 0 Å². The van der Waals surface area contributed by atoms with E-state index in [0.717, 1.165) is 12.0 Å². The van der Waals surface area contributed by atoms with Crippen LogP contribution in [-0.2, 0) is 4.79 Å². The highest BCUT2D eigenvalue weighted by Gasteiger charge is 2.30. The number of hydrogen-bond donors (Lipinski definition) is 2. The molecule has 0 saturated carbocycles. The largest absolute Gasteiger partial charge is 0.380 e. The van der Waals surface area contributed by atoms with Crippen molar-refractivity contribution in [1.82, 2.24) is 5.32 Å². The van der Waals surface area contributed by atoms with Crippen molar-refractivity contribution in [2.45, 2.75) is 59.1 Å². The van der Waals surface area contributed by atoms with Gasteiger partial charge >= 0.3 is 0 Å². The summed E-state index contributed by atoms with van der Waals surface area (Å²) in [4.78, 5) is 14.5. The van der Waals surface area contributed by atoms with Crippen LogP contribution in [0.2, 0.25) is 0 Å². The Morgan fingerprint density at radius 2 is 2.17 bits per heavy atom. The van der Waals surface area contributed by atoms with Crippen LogP contribution in [0.5, 0.6) is 0 Å². The molecule has 1 rings (SSSR count). The van der Waals surface area contributed by atoms with Crippen LogP contribution in [0.15, 0.2) is 6.07 Å². The van der Waals surface area contributed by atoms with Gasteiger partial charge in [0.25, 0.3) is 5.91 Å². The van der Waals surface area contributed by atoms with Crippen molar-refractivity contribution in [2.75, 3.05) is 0 Å². The van der Waals surface area contributed by atoms with Gasteiger partial charge in [-0.3, -0.25) is 4.79 Å². The lowest BCUT2D eigenvalue weighted by Crippen LogP contribution is -2.45. The van der Waals surface area contributed by atoms with Gasteiger partial charge in [-0.1, -0.05) is 13.3 Å². The topological polar surface area (TPSA) is 49.3 Å². The molecule has 0 aliphatic carbocycles. The highest BCUT2D eigenvalue weighted by molar-refractivity contribution is 7.12. The Kier molecular flexibility index (Phi) is 4.93. The van der Waals surface area contributed by atoms with Gasteiger partial charge in [-0.25, -0.2) is 0 Å². The van der Waals surface area contributed by atoms with E-state index in [0.29, 0.717) is 6.42 Å². The van der Waals surface area contributed by atoms with E-state index >= 15 is 0 Å². The number of aryl methyl sites for hydroxylation is 2. The minimum Gasteiger partial charge on any atom is -0.380 e. The summed E-state index contributed by atoms with van der Waals surface area (Å²) >= 11 is 1.73. The van der Waals surface area contributed by atoms with Crippen LogP contribution in [0, 0.1) is 13.8 Å². The molecule has 0 radical (unpaired) electrons. The lowest BCUT2D eigenvalue weighted by molar-refractivity contribution is -0.139. The molecule has 18 heavy (non-hydrogen) atoms. The molecular weight excluding hydrogens is 246 g/mol. The molecule has 0 saturated heterocycles. The molecule has 1 amide bonds. The summed E-state index contributed by atoms with van der Waals surface area (Å²) < 4.78 is 0. The highest BCUT2D eigenvalue weighted by atomic mass is 32.1. The van der Waals surface area contributed by atoms with E-state index in [-0.39, 0.29) is 11.9 Å². The molecule has 2 atom stereocenters. The van der Waals surface area contributed by atoms with Gasteiger partial charge in [-0.2, -0.15) is 0 Å². The molecule has 1 aromatic rings. The Morgan fingerprint density at radius 3 is 2.61 bits per heavy atom. The van der Waals surface area contributed by atoms with Crippen molar-refractivity contribution < 1.29 is 9.90 Å². The van der Waals surface area contributed by atoms with Gasteiger partial charge in [0.05, 0.1) is 6.04 Å². The minimum atomic E-state index is -1.28. The SMILES string of the molecule is CCCC(C)(O)C(=O)NC(C)c1cc(C)sc1C. The van der Waals surface area contributed by atoms with E-state index in [1.165, 1.54) is 9.75 Å². The quantitative estimate of drug-likeness (QED) is 0.863. The third-order valence-electron chi connectivity index (χ3n) is 3.12. The Balaban J connectivity index is 2.73. The zero-order chi connectivity index (χ0) is 13.9. The molecule has 1 heterocycles. The standard InChI is InChI=1S/C14H23NO2S/c1-6-7-14(5,17)13(16)15-10(3)12-8-9(2)18-11(12)4/h8,10,17H,6-7H2,1-5H3,(H,15,16). The summed E-state index contributed by atoms with van der Waals surface area (Å²) in [6.07, 6.45) is 1.26. The Bertz CT molecular complexity index is 423. The molecule has 2 N–H and O–H groups in total. The van der Waals surface area contributed by atoms with Gasteiger partial charge in [-0.15, -0.1) is 11.3 Å². The monoisotopic (exact) mass is 269 g/mol. The zero-order valence-corrected chi connectivity index (χ0v) is 12.6. The predicted molar refractivity (Wildman–Crippen MR) is 75.9 cm³/mol. The van der Waals surface area contributed by atoms with E-state index in [9.17, 15) is 9.90 Å². The van der Waals surface area contributed by atoms with Crippen molar-refractivity contribution in [3.8, 4) is 0 Å². The summed E-state index contributed by atoms with van der Waals surface area (Å²) in [6, 6.07) is 2.03. The minimum absolute atomic E-state index is 0.0641. The molecule has 4 heteroatoms. The van der Waals surface area contributed by atoms with Gasteiger partial charge in [0.1, 0.15) is 5.60 Å². The normalized spacial score (nSPS) is 16.1. The lowest BCUT2D eigenvalue weighted by Gasteiger charge is -2.24. The van der Waals surface area contributed by atoms with Crippen molar-refractivity contribution >= 4 is 17.2 Å². The molecule has 102 valence electrons. The molecule has 1 aromatic heterocycles. The molecule has 0 aliphatic heterocycles. The van der Waals surface area contributed by atoms with E-state index < -0.39 is 5.60 Å². The van der Waals surface area contributed by atoms with E-state index in [1.807, 2.05) is 13.8 Å². The van der Waals surface area contributed by atoms with Crippen LogP contribution >= 0.6 is 11.3 Å². The first-order valence-electron chi connectivity index (χ1n) is 6.38. The fourth-order valence-corrected chi connectivity index (χ4v) is 3.13. The first kappa shape index (κ1) is 15.2. The maximum Gasteiger partial charge on any atom is 0.252 e. The van der Waals surface area contributed by atoms with Crippen molar-refractivity contribution in [3.05, 3.63) is 21.4 Å². The number of aliphatic hydroxyl groups is 1. The number of rotatable bonds is 5. The third kappa shape index (κ3) is 3.56. The zero-order valence-electron chi connectivity index (χ0n) is 11.8. The van der Waals surface area contributed by atoms with Gasteiger partial charge < -0.3 is 10.4 Å². The van der Waals surface area contributed by atoms with E-state index in [2.05, 4.69) is 25.2 Å². The second kappa shape index (κ2) is 5.85. The molecule has 0 fully saturated rings. The number of nitrogens with one attached hydrogen (secondary N) is 1. The first-order valence-corrected chi connectivity index (χ1v) is 7.20. The van der Waals surface area contributed by atoms with Crippen LogP contribution < -0.4 is 5.32 Å². The molecule has 2 unspecified atom stereocenters. The molecule has 0 bridgehead atoms. The van der Waals surface area contributed by atoms with Crippen molar-refractivity contribution in [2.24, 2.45) is 0 Å². The third-order valence-corrected chi connectivity index (χ3v) is 4.10. The Labute approximate surface area is 113 Å². The van der Waals surface area contributed by atoms with Gasteiger partial charge in [0, 0.05) is 9.75 Å². The maximum absolute atomic E-state index is 12.0. The number of carbonyl (C=O) groups is 1. The number of amides is 1. The van der Waals surface area contributed by atoms with Crippen molar-refractivity contribution in [3.63, 3.8) is 0 Å². The first-order chi connectivity index (χ1) is 8.27. The second-order valence-corrected chi connectivity index (χ2v) is 6.55. The van der Waals surface area contributed by atoms with Crippen LogP contribution in [0.25, 0.3) is 0 Å². The maximum atomic E-state index is 12.0. The second-order valence-electron chi connectivity index (χ2n) is 5.09. The summed E-state index contributed by atoms with van der Waals surface area (Å²) in [6.45, 7) is 9.60. The average Bonchev–Trinajstić information content (AvgIpc) is 2.57. The van der Waals surface area contributed by atoms with Crippen LogP contribution in [0.4, 0.5) is 0 Å². The van der Waals surface area contributed by atoms with Gasteiger partial charge in [-0.05, 0) is 45.7 Å². The van der Waals surface area contributed by atoms with Gasteiger partial charge in [0.2, 0.25) is 0 Å². The summed E-state index contributed by atoms with van der Waals surface area (Å²) in [5, 5.41) is 12.9. The number of thiophene rings is 1. The molecule has 0 aromatic carbocycles. The fraction of sp³-hybridized carbons (Fsp3) is 0.643. The summed E-state index contributed by atoms with van der Waals surface area (Å²) in [5.74, 6) is -0.292. The smallest absolute Gasteiger partial charge is 0.252 e. The summed E-state index contributed by atoms with van der Waals surface area (Å²) in [5.41, 5.74) is -0.139. The van der Waals surface area contributed by atoms with E-state index in [4.69, 9.17) is 0 Å². The predicted octanol–water partition coefficient (Wildman–Crippen LogP) is 3.09. The molecule has 3 nitrogen and oxygen atoms in total. The highest BCUT2D eigenvalue weighted by Crippen LogP contribution is 2.26. The number of carbonyl (C=O) groups excluding carboxylic acids is 1. The Hall–Kier alpha value is -0.870. The Morgan fingerprint density at radius 1 is 1.56 bits per heavy atom. The van der Waals surface area contributed by atoms with E-state index in [1.54, 1.807) is 18.3 Å². The average molecular weight is 269 g/mol.